The first-order valence-corrected chi connectivity index (χ1v) is 37.5. The van der Waals surface area contributed by atoms with Crippen molar-refractivity contribution in [1.29, 1.82) is 0 Å². The van der Waals surface area contributed by atoms with Crippen LogP contribution < -0.4 is 53.6 Å². The predicted molar refractivity (Wildman–Crippen MR) is 384 cm³/mol. The maximum atomic E-state index is 15.2. The largest absolute Gasteiger partial charge is 0.455 e. The Labute approximate surface area is 615 Å². The first-order valence-electron chi connectivity index (χ1n) is 33.0. The van der Waals surface area contributed by atoms with Gasteiger partial charge in [0.05, 0.1) is 58.9 Å². The molecule has 16 N–H and O–H groups in total. The van der Waals surface area contributed by atoms with E-state index in [-0.39, 0.29) is 94.7 Å². The number of amides is 9. The number of rotatable bonds is 8. The zero-order chi connectivity index (χ0) is 75.7. The van der Waals surface area contributed by atoms with Crippen LogP contribution in [0.1, 0.15) is 203 Å². The minimum Gasteiger partial charge on any atom is -0.455 e. The molecular weight excluding hydrogens is 1450 g/mol. The van der Waals surface area contributed by atoms with Gasteiger partial charge in [0.2, 0.25) is 29.5 Å². The number of ether oxygens (including phenoxy) is 1. The zero-order valence-electron chi connectivity index (χ0n) is 57.8. The van der Waals surface area contributed by atoms with Crippen LogP contribution in [0.3, 0.4) is 0 Å². The number of nitrogens with one attached hydrogen (secondary N) is 9. The molecule has 0 aromatic carbocycles. The van der Waals surface area contributed by atoms with Gasteiger partial charge in [0, 0.05) is 32.8 Å². The van der Waals surface area contributed by atoms with E-state index in [4.69, 9.17) is 25.4 Å². The van der Waals surface area contributed by atoms with Gasteiger partial charge in [-0.1, -0.05) is 45.1 Å². The molecule has 0 saturated carbocycles. The van der Waals surface area contributed by atoms with Gasteiger partial charge in [-0.25, -0.2) is 29.7 Å². The lowest BCUT2D eigenvalue weighted by Gasteiger charge is -2.41. The van der Waals surface area contributed by atoms with Gasteiger partial charge in [0.25, 0.3) is 23.6 Å². The van der Waals surface area contributed by atoms with Gasteiger partial charge in [-0.15, -0.1) is 57.1 Å². The predicted octanol–water partition coefficient (Wildman–Crippen LogP) is 1.51. The van der Waals surface area contributed by atoms with Gasteiger partial charge < -0.3 is 78.5 Å². The number of pyridine rings is 1. The fraction of sp³-hybridized carbons (Fsp3) is 0.470. The molecule has 9 heterocycles. The third kappa shape index (κ3) is 16.3. The summed E-state index contributed by atoms with van der Waals surface area (Å²) >= 11 is 4.69. The van der Waals surface area contributed by atoms with E-state index in [2.05, 4.69) is 74.4 Å². The Hall–Kier alpha value is -8.96. The molecule has 10 rings (SSSR count). The van der Waals surface area contributed by atoms with Crippen molar-refractivity contribution in [2.24, 2.45) is 21.6 Å². The monoisotopic (exact) mass is 1530 g/mol. The van der Waals surface area contributed by atoms with Crippen LogP contribution in [-0.2, 0) is 39.0 Å². The van der Waals surface area contributed by atoms with Crippen LogP contribution in [0.25, 0.3) is 6.08 Å². The van der Waals surface area contributed by atoms with Gasteiger partial charge in [0.15, 0.2) is 0 Å². The number of nitrogens with zero attached hydrogens (tertiary/aromatic N) is 7. The number of aliphatic imine (C=N–C) groups is 2. The van der Waals surface area contributed by atoms with E-state index in [1.54, 1.807) is 26.0 Å². The highest BCUT2D eigenvalue weighted by molar-refractivity contribution is 8.14. The summed E-state index contributed by atoms with van der Waals surface area (Å²) < 4.78 is 6.24. The summed E-state index contributed by atoms with van der Waals surface area (Å²) in [5.74, 6) is -9.57. The first-order chi connectivity index (χ1) is 49.1. The maximum Gasteiger partial charge on any atom is 0.357 e. The minimum absolute atomic E-state index is 0.00929. The molecule has 33 nitrogen and oxygen atoms in total. The third-order valence-electron chi connectivity index (χ3n) is 18.4. The topological polar surface area (TPSA) is 505 Å². The number of carbonyl (C=O) groups is 10. The number of nitrogens with two attached hydrogens (primary N) is 1. The number of allylic oxidation sites excluding steroid dienone is 1. The number of aliphatic hydroxyl groups excluding tert-OH is 4. The number of hydrogen-bond acceptors (Lipinski definition) is 29. The second-order valence-electron chi connectivity index (χ2n) is 25.9. The molecular formula is C66H79N17O16S5. The number of aliphatic hydroxyl groups is 5. The fourth-order valence-corrected chi connectivity index (χ4v) is 16.7. The summed E-state index contributed by atoms with van der Waals surface area (Å²) in [5, 5.41) is 88.2. The Balaban J connectivity index is 1.17. The summed E-state index contributed by atoms with van der Waals surface area (Å²) in [4.78, 5) is 177. The molecule has 13 bridgehead atoms. The van der Waals surface area contributed by atoms with E-state index in [0.717, 1.165) is 57.1 Å². The van der Waals surface area contributed by atoms with Crippen molar-refractivity contribution in [3.63, 3.8) is 0 Å². The number of hydrogen-bond donors (Lipinski definition) is 15. The highest BCUT2D eigenvalue weighted by Crippen LogP contribution is 2.48. The molecule has 5 aromatic rings. The van der Waals surface area contributed by atoms with Crippen LogP contribution in [0.2, 0.25) is 0 Å². The Kier molecular flexibility index (Phi) is 23.7. The normalized spacial score (nSPS) is 28.5. The van der Waals surface area contributed by atoms with Crippen molar-refractivity contribution in [2.75, 3.05) is 5.75 Å². The lowest BCUT2D eigenvalue weighted by molar-refractivity contribution is -0.131. The summed E-state index contributed by atoms with van der Waals surface area (Å²) in [7, 11) is 0. The molecule has 0 fully saturated rings. The van der Waals surface area contributed by atoms with E-state index in [1.807, 2.05) is 6.92 Å². The van der Waals surface area contributed by atoms with Crippen LogP contribution in [0.15, 0.2) is 67.7 Å². The standard InChI is InChI=1S/C66H79N17O16S5/c1-12-24(3)43-57(95)70-26(5)52(90)68-25(4)51(89)69-27(6)53(91)83-66-17-16-36(60-76-39(20-100-60)50(67)88)73-48(66)38-19-102-61(75-38)45(30(9)99-63(97)37-18-33(28(7)84)32-14-15-35(71-43)47(87)46(32)72-37)81-54(92)40-22-103-62(78-40)49(65(11,98)31(10)86)82-56(94)41-21-101-59(77-41)34(13-2)74-58(96)44(29(8)85)80-55(93)42-23-104-64(66)79-42/h13-15,18-20,22-24,26-31,35,41,43-45,47-49,71,84-87,98H,4,12,16-17,21H2,1-3,5-11H3,(H2,67,88)(H,68,90)(H,69,89)(H,70,95)(H,74,96)(H,80,93)(H,81,92)(H,82,94)(H,83,91)/b34-13-/t24-,26-,27-,28-,29+,30+,31+,35+,41+,43-,44-,45-,47-,48+,49+,65+,66+/m0/s1. The lowest BCUT2D eigenvalue weighted by atomic mass is 9.80. The Morgan fingerprint density at radius 1 is 0.779 bits per heavy atom. The Bertz CT molecular complexity index is 4390. The van der Waals surface area contributed by atoms with Crippen LogP contribution in [0, 0.1) is 5.92 Å². The molecule has 5 aromatic heterocycles. The smallest absolute Gasteiger partial charge is 0.357 e. The second kappa shape index (κ2) is 31.8. The van der Waals surface area contributed by atoms with Crippen molar-refractivity contribution in [2.45, 2.75) is 185 Å². The summed E-state index contributed by atoms with van der Waals surface area (Å²) in [5.41, 5.74) is 0.481. The van der Waals surface area contributed by atoms with E-state index < -0.39 is 172 Å². The highest BCUT2D eigenvalue weighted by atomic mass is 32.2. The van der Waals surface area contributed by atoms with Gasteiger partial charge >= 0.3 is 5.97 Å². The Morgan fingerprint density at radius 3 is 2.14 bits per heavy atom. The average molecular weight is 1530 g/mol. The number of primary amides is 1. The van der Waals surface area contributed by atoms with Crippen molar-refractivity contribution in [3.8, 4) is 0 Å². The molecule has 38 heteroatoms. The molecule has 5 aliphatic rings. The SMILES string of the molecule is C=C1NC(=O)[C@H](C)NC(=O)[C@H]([C@@H](C)CC)N[C@@H]2C=Cc3c([C@H](C)O)cc(nc3[C@H]2O)C(=O)O[C@H](C)[C@@H]2NC(=O)c3csc(n3)[C@H]([C@](C)(O)[C@@H](C)O)NC(=O)[C@H]3CSC(=N3)/C(=C/C)NC(=O)[C@H]([C@@H](C)O)NC(=O)c3csc(n3)[C@]3(CCC(c4nc(C(N)=O)cs4)=N[C@@H]3c3csc2n3)NC(=O)[C@H](C)NC1=O. The van der Waals surface area contributed by atoms with Gasteiger partial charge in [-0.2, -0.15) is 0 Å². The fourth-order valence-electron chi connectivity index (χ4n) is 11.8. The number of cyclic esters (lactones) is 1. The van der Waals surface area contributed by atoms with Gasteiger partial charge in [-0.3, -0.25) is 58.5 Å². The summed E-state index contributed by atoms with van der Waals surface area (Å²) in [6, 6.07) is -11.1. The number of thiazole rings is 4. The minimum atomic E-state index is -2.17. The van der Waals surface area contributed by atoms with Crippen molar-refractivity contribution < 1.29 is 78.2 Å². The van der Waals surface area contributed by atoms with E-state index in [0.29, 0.717) is 6.42 Å². The number of thioether (sulfide) groups is 1. The van der Waals surface area contributed by atoms with Crippen molar-refractivity contribution in [3.05, 3.63) is 123 Å². The lowest BCUT2D eigenvalue weighted by Crippen LogP contribution is -2.57. The number of fused-ring (bicyclic) bond motifs is 7. The molecule has 4 aliphatic heterocycles. The van der Waals surface area contributed by atoms with Crippen LogP contribution in [0.5, 0.6) is 0 Å². The van der Waals surface area contributed by atoms with Crippen LogP contribution in [0.4, 0.5) is 0 Å². The van der Waals surface area contributed by atoms with E-state index in [9.17, 15) is 63.9 Å². The molecule has 0 radical (unpaired) electrons. The van der Waals surface area contributed by atoms with E-state index in [1.165, 1.54) is 82.1 Å². The first kappa shape index (κ1) is 77.6. The second-order valence-corrected chi connectivity index (χ2v) is 30.4. The summed E-state index contributed by atoms with van der Waals surface area (Å²) in [6.45, 7) is 18.2. The molecule has 0 unspecified atom stereocenters. The maximum absolute atomic E-state index is 15.2. The van der Waals surface area contributed by atoms with Crippen LogP contribution in [-0.4, -0.2) is 186 Å². The Morgan fingerprint density at radius 2 is 1.47 bits per heavy atom. The quantitative estimate of drug-likeness (QED) is 0.0773. The van der Waals surface area contributed by atoms with Crippen molar-refractivity contribution in [1.82, 2.24) is 72.8 Å². The molecule has 0 spiro atoms. The van der Waals surface area contributed by atoms with Crippen molar-refractivity contribution >= 4 is 133 Å². The zero-order valence-corrected chi connectivity index (χ0v) is 61.9. The van der Waals surface area contributed by atoms with Crippen LogP contribution >= 0.6 is 57.1 Å². The molecule has 0 saturated heterocycles. The van der Waals surface area contributed by atoms with Gasteiger partial charge in [-0.05, 0) is 85.8 Å². The average Bonchev–Trinajstić information content (AvgIpc) is 1.43. The highest BCUT2D eigenvalue weighted by Gasteiger charge is 2.51. The molecule has 9 amide bonds. The molecule has 554 valence electrons. The number of esters is 1. The summed E-state index contributed by atoms with van der Waals surface area (Å²) in [6.07, 6.45) is -2.69. The molecule has 1 aliphatic carbocycles. The van der Waals surface area contributed by atoms with E-state index >= 15 is 9.59 Å². The number of aromatic nitrogens is 5. The number of carbonyl (C=O) groups excluding carboxylic acids is 10. The molecule has 104 heavy (non-hydrogen) atoms. The van der Waals surface area contributed by atoms with Gasteiger partial charge in [0.1, 0.15) is 113 Å². The molecule has 17 atom stereocenters. The third-order valence-corrected chi connectivity index (χ3v) is 23.2.